The minimum atomic E-state index is -1.06. The van der Waals surface area contributed by atoms with Crippen LogP contribution in [0.1, 0.15) is 26.2 Å². The van der Waals surface area contributed by atoms with E-state index < -0.39 is 18.0 Å². The molecule has 110 valence electrons. The van der Waals surface area contributed by atoms with E-state index in [1.807, 2.05) is 0 Å². The van der Waals surface area contributed by atoms with Crippen LogP contribution in [0.15, 0.2) is 10.6 Å². The summed E-state index contributed by atoms with van der Waals surface area (Å²) in [4.78, 5) is 25.7. The summed E-state index contributed by atoms with van der Waals surface area (Å²) < 4.78 is 0. The molecule has 2 unspecified atom stereocenters. The first-order chi connectivity index (χ1) is 9.52. The molecule has 3 heterocycles. The first-order valence-corrected chi connectivity index (χ1v) is 7.79. The summed E-state index contributed by atoms with van der Waals surface area (Å²) in [6.07, 6.45) is 2.31. The van der Waals surface area contributed by atoms with E-state index in [9.17, 15) is 19.8 Å². The van der Waals surface area contributed by atoms with Crippen LogP contribution in [-0.2, 0) is 9.59 Å². The number of nitrogens with zero attached hydrogens (tertiary/aromatic N) is 1. The summed E-state index contributed by atoms with van der Waals surface area (Å²) in [6.45, 7) is 2.46. The summed E-state index contributed by atoms with van der Waals surface area (Å²) in [5, 5.41) is 22.2. The molecule has 2 fully saturated rings. The maximum absolute atomic E-state index is 12.1. The predicted octanol–water partition coefficient (Wildman–Crippen LogP) is 0.337. The summed E-state index contributed by atoms with van der Waals surface area (Å²) in [5.41, 5.74) is 0.112. The first kappa shape index (κ1) is 13.9. The third kappa shape index (κ3) is 1.96. The molecule has 2 saturated heterocycles. The lowest BCUT2D eigenvalue weighted by molar-refractivity contribution is -0.156. The smallest absolute Gasteiger partial charge is 0.353 e. The van der Waals surface area contributed by atoms with Crippen LogP contribution in [0.5, 0.6) is 0 Å². The standard InChI is InChI=1S/C13H18N2O4S/c1-6(16)8-11(17)15-9(13(18)19)10(20-12(8)15)7-4-2-3-5-14-7/h6-8,12,14,16H,2-5H2,1H3,(H,18,19)/t6?,7?,8-,12+/m0/s1. The number of amides is 1. The largest absolute Gasteiger partial charge is 0.477 e. The lowest BCUT2D eigenvalue weighted by Crippen LogP contribution is -2.60. The maximum atomic E-state index is 12.1. The van der Waals surface area contributed by atoms with Gasteiger partial charge in [-0.1, -0.05) is 18.2 Å². The number of hydrogen-bond donors (Lipinski definition) is 3. The molecule has 3 aliphatic rings. The number of carbonyl (C=O) groups is 2. The van der Waals surface area contributed by atoms with Crippen LogP contribution in [-0.4, -0.2) is 51.1 Å². The van der Waals surface area contributed by atoms with Gasteiger partial charge in [-0.15, -0.1) is 0 Å². The molecule has 4 atom stereocenters. The second-order valence-corrected chi connectivity index (χ2v) is 6.66. The number of carbonyl (C=O) groups excluding carboxylic acids is 1. The summed E-state index contributed by atoms with van der Waals surface area (Å²) in [5.74, 6) is -1.82. The molecular weight excluding hydrogens is 280 g/mol. The van der Waals surface area contributed by atoms with Crippen LogP contribution < -0.4 is 5.32 Å². The summed E-state index contributed by atoms with van der Waals surface area (Å²) in [7, 11) is 0. The molecule has 0 spiro atoms. The second-order valence-electron chi connectivity index (χ2n) is 5.50. The van der Waals surface area contributed by atoms with Crippen molar-refractivity contribution in [3.63, 3.8) is 0 Å². The van der Waals surface area contributed by atoms with E-state index in [1.54, 1.807) is 6.92 Å². The van der Waals surface area contributed by atoms with E-state index in [4.69, 9.17) is 0 Å². The Balaban J connectivity index is 1.89. The molecule has 3 aliphatic heterocycles. The van der Waals surface area contributed by atoms with Gasteiger partial charge in [-0.25, -0.2) is 4.79 Å². The maximum Gasteiger partial charge on any atom is 0.353 e. The zero-order valence-electron chi connectivity index (χ0n) is 11.2. The van der Waals surface area contributed by atoms with E-state index in [2.05, 4.69) is 5.32 Å². The topological polar surface area (TPSA) is 89.9 Å². The number of aliphatic hydroxyl groups is 1. The molecule has 3 N–H and O–H groups in total. The Hall–Kier alpha value is -1.05. The van der Waals surface area contributed by atoms with Gasteiger partial charge in [0.25, 0.3) is 0 Å². The minimum absolute atomic E-state index is 0.0212. The number of fused-ring (bicyclic) bond motifs is 1. The molecule has 0 aromatic heterocycles. The fourth-order valence-electron chi connectivity index (χ4n) is 3.13. The highest BCUT2D eigenvalue weighted by atomic mass is 32.2. The second kappa shape index (κ2) is 5.05. The van der Waals surface area contributed by atoms with Crippen molar-refractivity contribution in [2.75, 3.05) is 6.54 Å². The van der Waals surface area contributed by atoms with Gasteiger partial charge in [0.1, 0.15) is 11.1 Å². The van der Waals surface area contributed by atoms with Gasteiger partial charge in [0, 0.05) is 10.9 Å². The number of rotatable bonds is 3. The van der Waals surface area contributed by atoms with Crippen molar-refractivity contribution in [2.24, 2.45) is 5.92 Å². The molecule has 6 nitrogen and oxygen atoms in total. The first-order valence-electron chi connectivity index (χ1n) is 6.91. The lowest BCUT2D eigenvalue weighted by Gasteiger charge is -2.43. The quantitative estimate of drug-likeness (QED) is 0.651. The third-order valence-corrected chi connectivity index (χ3v) is 5.63. The van der Waals surface area contributed by atoms with Gasteiger partial charge >= 0.3 is 5.97 Å². The van der Waals surface area contributed by atoms with Crippen LogP contribution in [0, 0.1) is 5.92 Å². The Morgan fingerprint density at radius 2 is 2.25 bits per heavy atom. The number of piperidine rings is 1. The Labute approximate surface area is 121 Å². The molecule has 0 bridgehead atoms. The van der Waals surface area contributed by atoms with E-state index in [0.29, 0.717) is 0 Å². The molecule has 0 aliphatic carbocycles. The van der Waals surface area contributed by atoms with Crippen molar-refractivity contribution in [3.05, 3.63) is 10.6 Å². The van der Waals surface area contributed by atoms with Crippen LogP contribution in [0.4, 0.5) is 0 Å². The van der Waals surface area contributed by atoms with E-state index in [-0.39, 0.29) is 23.0 Å². The van der Waals surface area contributed by atoms with Gasteiger partial charge in [-0.2, -0.15) is 0 Å². The normalized spacial score (nSPS) is 34.8. The third-order valence-electron chi connectivity index (χ3n) is 4.16. The van der Waals surface area contributed by atoms with Gasteiger partial charge in [0.15, 0.2) is 0 Å². The van der Waals surface area contributed by atoms with E-state index in [1.165, 1.54) is 16.7 Å². The molecule has 0 saturated carbocycles. The van der Waals surface area contributed by atoms with Crippen molar-refractivity contribution in [2.45, 2.75) is 43.7 Å². The fraction of sp³-hybridized carbons (Fsp3) is 0.692. The number of nitrogens with one attached hydrogen (secondary N) is 1. The molecule has 7 heteroatoms. The lowest BCUT2D eigenvalue weighted by atomic mass is 9.92. The number of thioether (sulfide) groups is 1. The van der Waals surface area contributed by atoms with Crippen molar-refractivity contribution in [3.8, 4) is 0 Å². The fourth-order valence-corrected chi connectivity index (χ4v) is 4.86. The van der Waals surface area contributed by atoms with Crippen LogP contribution in [0.2, 0.25) is 0 Å². The number of carboxylic acids is 1. The molecule has 0 aromatic rings. The summed E-state index contributed by atoms with van der Waals surface area (Å²) >= 11 is 1.42. The highest BCUT2D eigenvalue weighted by Gasteiger charge is 2.58. The zero-order valence-corrected chi connectivity index (χ0v) is 12.0. The number of hydrogen-bond acceptors (Lipinski definition) is 5. The van der Waals surface area contributed by atoms with Gasteiger partial charge in [-0.3, -0.25) is 9.69 Å². The number of aliphatic carboxylic acids is 1. The monoisotopic (exact) mass is 298 g/mol. The van der Waals surface area contributed by atoms with Gasteiger partial charge in [0.2, 0.25) is 5.91 Å². The average molecular weight is 298 g/mol. The Kier molecular flexibility index (Phi) is 3.51. The number of carboxylic acid groups (broad SMARTS) is 1. The summed E-state index contributed by atoms with van der Waals surface area (Å²) in [6, 6.07) is 0.0212. The van der Waals surface area contributed by atoms with Gasteiger partial charge in [0.05, 0.1) is 12.0 Å². The van der Waals surface area contributed by atoms with Crippen LogP contribution >= 0.6 is 11.8 Å². The highest BCUT2D eigenvalue weighted by Crippen LogP contribution is 2.51. The molecule has 3 rings (SSSR count). The Bertz CT molecular complexity index is 485. The minimum Gasteiger partial charge on any atom is -0.477 e. The predicted molar refractivity (Wildman–Crippen MR) is 73.7 cm³/mol. The van der Waals surface area contributed by atoms with Gasteiger partial charge in [-0.05, 0) is 26.3 Å². The zero-order chi connectivity index (χ0) is 14.4. The van der Waals surface area contributed by atoms with Crippen LogP contribution in [0.3, 0.4) is 0 Å². The molecule has 20 heavy (non-hydrogen) atoms. The number of β-lactam (4-membered cyclic amide) rings is 1. The SMILES string of the molecule is CC(O)[C@H]1C(=O)N2C(C(=O)O)=C(C3CCCCN3)S[C@H]12. The van der Waals surface area contributed by atoms with E-state index >= 15 is 0 Å². The number of aliphatic hydroxyl groups excluding tert-OH is 1. The highest BCUT2D eigenvalue weighted by molar-refractivity contribution is 8.04. The molecule has 1 amide bonds. The van der Waals surface area contributed by atoms with Crippen molar-refractivity contribution < 1.29 is 19.8 Å². The van der Waals surface area contributed by atoms with Crippen molar-refractivity contribution >= 4 is 23.6 Å². The average Bonchev–Trinajstić information content (AvgIpc) is 2.74. The van der Waals surface area contributed by atoms with Crippen LogP contribution in [0.25, 0.3) is 0 Å². The van der Waals surface area contributed by atoms with Crippen molar-refractivity contribution in [1.29, 1.82) is 0 Å². The molecule has 0 aromatic carbocycles. The van der Waals surface area contributed by atoms with E-state index in [0.717, 1.165) is 30.7 Å². The molecular formula is C13H18N2O4S. The Morgan fingerprint density at radius 1 is 1.50 bits per heavy atom. The Morgan fingerprint density at radius 3 is 2.80 bits per heavy atom. The van der Waals surface area contributed by atoms with Crippen molar-refractivity contribution in [1.82, 2.24) is 10.2 Å². The van der Waals surface area contributed by atoms with Gasteiger partial charge < -0.3 is 15.5 Å². The molecule has 0 radical (unpaired) electrons.